The van der Waals surface area contributed by atoms with Gasteiger partial charge in [-0.1, -0.05) is 23.7 Å². The van der Waals surface area contributed by atoms with Crippen LogP contribution in [0.25, 0.3) is 0 Å². The summed E-state index contributed by atoms with van der Waals surface area (Å²) >= 11 is 5.70. The van der Waals surface area contributed by atoms with Crippen LogP contribution in [0.15, 0.2) is 24.3 Å². The van der Waals surface area contributed by atoms with Crippen LogP contribution < -0.4 is 5.73 Å². The van der Waals surface area contributed by atoms with E-state index in [-0.39, 0.29) is 6.42 Å². The number of aliphatic carboxylic acids is 1. The highest BCUT2D eigenvalue weighted by Crippen LogP contribution is 2.11. The average Bonchev–Trinajstić information content (AvgIpc) is 2.23. The summed E-state index contributed by atoms with van der Waals surface area (Å²) in [6.45, 7) is 0. The zero-order valence-corrected chi connectivity index (χ0v) is 9.50. The molecule has 3 N–H and O–H groups in total. The smallest absolute Gasteiger partial charge is 0.303 e. The van der Waals surface area contributed by atoms with Crippen molar-refractivity contribution < 1.29 is 9.90 Å². The van der Waals surface area contributed by atoms with Crippen molar-refractivity contribution in [2.45, 2.75) is 19.3 Å². The number of hydrogen-bond donors (Lipinski definition) is 2. The average molecular weight is 230 g/mol. The summed E-state index contributed by atoms with van der Waals surface area (Å²) in [5.74, 6) is -0.742. The summed E-state index contributed by atoms with van der Waals surface area (Å²) in [7, 11) is 1.50. The molecule has 3 nitrogen and oxygen atoms in total. The molecule has 0 aromatic heterocycles. The van der Waals surface area contributed by atoms with Crippen molar-refractivity contribution in [1.29, 1.82) is 0 Å². The van der Waals surface area contributed by atoms with Crippen molar-refractivity contribution in [1.82, 2.24) is 0 Å². The van der Waals surface area contributed by atoms with E-state index in [0.29, 0.717) is 11.4 Å². The number of carbonyl (C=O) groups is 1. The summed E-state index contributed by atoms with van der Waals surface area (Å²) in [6, 6.07) is 7.48. The minimum absolute atomic E-state index is 0.225. The maximum Gasteiger partial charge on any atom is 0.303 e. The van der Waals surface area contributed by atoms with Gasteiger partial charge in [-0.05, 0) is 37.6 Å². The highest BCUT2D eigenvalue weighted by atomic mass is 35.5. The molecule has 0 unspecified atom stereocenters. The number of carboxylic acid groups (broad SMARTS) is 1. The predicted octanol–water partition coefficient (Wildman–Crippen LogP) is 2.32. The Morgan fingerprint density at radius 2 is 1.87 bits per heavy atom. The van der Waals surface area contributed by atoms with E-state index in [2.05, 4.69) is 5.73 Å². The second-order valence-electron chi connectivity index (χ2n) is 2.87. The first kappa shape index (κ1) is 13.9. The van der Waals surface area contributed by atoms with Crippen LogP contribution in [0, 0.1) is 0 Å². The number of carboxylic acids is 1. The Hall–Kier alpha value is -1.06. The van der Waals surface area contributed by atoms with Crippen LogP contribution in [0.1, 0.15) is 18.4 Å². The van der Waals surface area contributed by atoms with Crippen LogP contribution in [0.3, 0.4) is 0 Å². The highest BCUT2D eigenvalue weighted by Gasteiger charge is 1.97. The van der Waals surface area contributed by atoms with Gasteiger partial charge in [0.25, 0.3) is 0 Å². The first-order valence-corrected chi connectivity index (χ1v) is 5.10. The molecule has 84 valence electrons. The summed E-state index contributed by atoms with van der Waals surface area (Å²) in [5.41, 5.74) is 5.63. The molecule has 0 radical (unpaired) electrons. The summed E-state index contributed by atoms with van der Waals surface area (Å²) in [6.07, 6.45) is 1.70. The molecule has 4 heteroatoms. The van der Waals surface area contributed by atoms with Gasteiger partial charge in [0.05, 0.1) is 0 Å². The lowest BCUT2D eigenvalue weighted by Gasteiger charge is -1.98. The standard InChI is InChI=1S/C10H11ClO2.CH5N/c11-9-6-4-8(5-7-9)2-1-3-10(12)13;1-2/h4-7H,1-3H2,(H,12,13);2H2,1H3. The molecule has 15 heavy (non-hydrogen) atoms. The summed E-state index contributed by atoms with van der Waals surface area (Å²) in [4.78, 5) is 10.2. The van der Waals surface area contributed by atoms with Crippen molar-refractivity contribution in [2.24, 2.45) is 5.73 Å². The maximum atomic E-state index is 10.2. The number of nitrogens with two attached hydrogens (primary N) is 1. The molecule has 1 aromatic carbocycles. The Morgan fingerprint density at radius 1 is 1.33 bits per heavy atom. The van der Waals surface area contributed by atoms with Gasteiger partial charge in [-0.25, -0.2) is 0 Å². The van der Waals surface area contributed by atoms with Crippen LogP contribution in [-0.2, 0) is 11.2 Å². The lowest BCUT2D eigenvalue weighted by Crippen LogP contribution is -1.95. The fourth-order valence-electron chi connectivity index (χ4n) is 1.09. The van der Waals surface area contributed by atoms with Gasteiger partial charge in [-0.2, -0.15) is 0 Å². The third-order valence-electron chi connectivity index (χ3n) is 1.77. The minimum atomic E-state index is -0.742. The van der Waals surface area contributed by atoms with Crippen LogP contribution >= 0.6 is 11.6 Å². The normalized spacial score (nSPS) is 9.00. The zero-order valence-electron chi connectivity index (χ0n) is 8.74. The number of halogens is 1. The van der Waals surface area contributed by atoms with E-state index in [0.717, 1.165) is 12.0 Å². The Morgan fingerprint density at radius 3 is 2.33 bits per heavy atom. The lowest BCUT2D eigenvalue weighted by molar-refractivity contribution is -0.137. The van der Waals surface area contributed by atoms with E-state index in [1.165, 1.54) is 7.05 Å². The molecule has 0 amide bonds. The largest absolute Gasteiger partial charge is 0.481 e. The van der Waals surface area contributed by atoms with E-state index in [4.69, 9.17) is 16.7 Å². The third-order valence-corrected chi connectivity index (χ3v) is 2.02. The van der Waals surface area contributed by atoms with E-state index >= 15 is 0 Å². The van der Waals surface area contributed by atoms with Gasteiger partial charge in [0, 0.05) is 11.4 Å². The van der Waals surface area contributed by atoms with Gasteiger partial charge in [-0.3, -0.25) is 4.79 Å². The summed E-state index contributed by atoms with van der Waals surface area (Å²) in [5, 5.41) is 9.12. The van der Waals surface area contributed by atoms with Gasteiger partial charge in [-0.15, -0.1) is 0 Å². The van der Waals surface area contributed by atoms with Crippen molar-refractivity contribution in [2.75, 3.05) is 7.05 Å². The van der Waals surface area contributed by atoms with Gasteiger partial charge in [0.1, 0.15) is 0 Å². The summed E-state index contributed by atoms with van der Waals surface area (Å²) < 4.78 is 0. The molecule has 0 saturated heterocycles. The number of benzene rings is 1. The molecule has 0 saturated carbocycles. The number of hydrogen-bond acceptors (Lipinski definition) is 2. The molecule has 1 aromatic rings. The second kappa shape index (κ2) is 8.26. The second-order valence-corrected chi connectivity index (χ2v) is 3.31. The van der Waals surface area contributed by atoms with Crippen molar-refractivity contribution >= 4 is 17.6 Å². The molecule has 0 aliphatic carbocycles. The highest BCUT2D eigenvalue weighted by molar-refractivity contribution is 6.30. The van der Waals surface area contributed by atoms with Crippen molar-refractivity contribution in [3.8, 4) is 0 Å². The predicted molar refractivity (Wildman–Crippen MR) is 62.1 cm³/mol. The van der Waals surface area contributed by atoms with Crippen LogP contribution in [0.5, 0.6) is 0 Å². The van der Waals surface area contributed by atoms with E-state index in [1.807, 2.05) is 24.3 Å². The third kappa shape index (κ3) is 6.94. The fourth-order valence-corrected chi connectivity index (χ4v) is 1.22. The Bertz CT molecular complexity index is 285. The Labute approximate surface area is 94.9 Å². The SMILES string of the molecule is CN.O=C(O)CCCc1ccc(Cl)cc1. The molecular formula is C11H16ClNO2. The fraction of sp³-hybridized carbons (Fsp3) is 0.364. The topological polar surface area (TPSA) is 63.3 Å². The Kier molecular flexibility index (Phi) is 7.68. The van der Waals surface area contributed by atoms with E-state index in [9.17, 15) is 4.79 Å². The van der Waals surface area contributed by atoms with Crippen LogP contribution in [-0.4, -0.2) is 18.1 Å². The maximum absolute atomic E-state index is 10.2. The van der Waals surface area contributed by atoms with Gasteiger partial charge >= 0.3 is 5.97 Å². The minimum Gasteiger partial charge on any atom is -0.481 e. The number of aryl methyl sites for hydroxylation is 1. The molecule has 0 aliphatic rings. The van der Waals surface area contributed by atoms with E-state index in [1.54, 1.807) is 0 Å². The molecule has 0 spiro atoms. The number of rotatable bonds is 4. The van der Waals surface area contributed by atoms with Crippen LogP contribution in [0.4, 0.5) is 0 Å². The van der Waals surface area contributed by atoms with Gasteiger partial charge < -0.3 is 10.8 Å². The van der Waals surface area contributed by atoms with Gasteiger partial charge in [0.2, 0.25) is 0 Å². The van der Waals surface area contributed by atoms with Crippen molar-refractivity contribution in [3.05, 3.63) is 34.9 Å². The molecule has 0 heterocycles. The lowest BCUT2D eigenvalue weighted by atomic mass is 10.1. The van der Waals surface area contributed by atoms with Crippen molar-refractivity contribution in [3.63, 3.8) is 0 Å². The first-order valence-electron chi connectivity index (χ1n) is 4.72. The molecule has 0 bridgehead atoms. The van der Waals surface area contributed by atoms with Crippen LogP contribution in [0.2, 0.25) is 5.02 Å². The Balaban J connectivity index is 0.000000921. The molecule has 0 aliphatic heterocycles. The zero-order chi connectivity index (χ0) is 11.7. The molecule has 1 rings (SSSR count). The molecule has 0 atom stereocenters. The van der Waals surface area contributed by atoms with E-state index < -0.39 is 5.97 Å². The van der Waals surface area contributed by atoms with Gasteiger partial charge in [0.15, 0.2) is 0 Å². The monoisotopic (exact) mass is 229 g/mol. The molecular weight excluding hydrogens is 214 g/mol. The quantitative estimate of drug-likeness (QED) is 0.833. The molecule has 0 fully saturated rings. The first-order chi connectivity index (χ1) is 7.18.